The predicted octanol–water partition coefficient (Wildman–Crippen LogP) is 2.72. The van der Waals surface area contributed by atoms with Crippen LogP contribution < -0.4 is 5.32 Å². The lowest BCUT2D eigenvalue weighted by Crippen LogP contribution is -2.58. The van der Waals surface area contributed by atoms with E-state index in [1.165, 1.54) is 0 Å². The van der Waals surface area contributed by atoms with Crippen molar-refractivity contribution in [2.75, 3.05) is 25.5 Å². The van der Waals surface area contributed by atoms with Gasteiger partial charge in [0.05, 0.1) is 17.6 Å². The molecule has 3 unspecified atom stereocenters. The summed E-state index contributed by atoms with van der Waals surface area (Å²) in [6, 6.07) is 0.875. The van der Waals surface area contributed by atoms with E-state index < -0.39 is 0 Å². The largest absolute Gasteiger partial charge is 0.322 e. The molecule has 2 amide bonds. The number of nitrogens with zero attached hydrogens (tertiary/aromatic N) is 4. The molecule has 124 valence electrons. The molecule has 3 atom stereocenters. The highest BCUT2D eigenvalue weighted by Crippen LogP contribution is 2.21. The van der Waals surface area contributed by atoms with Crippen molar-refractivity contribution in [3.8, 4) is 0 Å². The fraction of sp³-hybridized carbons (Fsp3) is 0.750. The number of likely N-dealkylation sites (N-methyl/N-ethyl adjacent to an activating group) is 1. The number of rotatable bonds is 3. The van der Waals surface area contributed by atoms with Crippen LogP contribution in [-0.4, -0.2) is 57.8 Å². The zero-order chi connectivity index (χ0) is 16.4. The summed E-state index contributed by atoms with van der Waals surface area (Å²) in [5.41, 5.74) is 1.82. The number of amides is 2. The molecule has 22 heavy (non-hydrogen) atoms. The molecule has 1 aromatic rings. The Morgan fingerprint density at radius 3 is 2.73 bits per heavy atom. The van der Waals surface area contributed by atoms with Gasteiger partial charge in [-0.1, -0.05) is 6.92 Å². The van der Waals surface area contributed by atoms with Crippen molar-refractivity contribution >= 4 is 11.7 Å². The molecule has 0 aromatic carbocycles. The van der Waals surface area contributed by atoms with Crippen LogP contribution in [0.25, 0.3) is 0 Å². The van der Waals surface area contributed by atoms with Crippen LogP contribution in [-0.2, 0) is 0 Å². The van der Waals surface area contributed by atoms with Crippen LogP contribution in [0.5, 0.6) is 0 Å². The van der Waals surface area contributed by atoms with E-state index >= 15 is 0 Å². The zero-order valence-electron chi connectivity index (χ0n) is 14.6. The first-order chi connectivity index (χ1) is 10.4. The summed E-state index contributed by atoms with van der Waals surface area (Å²) in [6.45, 7) is 12.2. The molecule has 1 aliphatic heterocycles. The van der Waals surface area contributed by atoms with E-state index in [-0.39, 0.29) is 12.1 Å². The lowest BCUT2D eigenvalue weighted by Gasteiger charge is -2.43. The summed E-state index contributed by atoms with van der Waals surface area (Å²) < 4.78 is 1.98. The number of hydrogen-bond acceptors (Lipinski definition) is 3. The highest BCUT2D eigenvalue weighted by Gasteiger charge is 2.31. The second-order valence-electron chi connectivity index (χ2n) is 6.43. The topological polar surface area (TPSA) is 53.4 Å². The molecule has 6 nitrogen and oxygen atoms in total. The number of nitrogens with one attached hydrogen (secondary N) is 1. The predicted molar refractivity (Wildman–Crippen MR) is 89.2 cm³/mol. The Bertz CT molecular complexity index is 527. The van der Waals surface area contributed by atoms with Crippen LogP contribution in [0.1, 0.15) is 45.9 Å². The third-order valence-electron chi connectivity index (χ3n) is 5.13. The molecule has 0 radical (unpaired) electrons. The summed E-state index contributed by atoms with van der Waals surface area (Å²) in [5.74, 6) is 0. The van der Waals surface area contributed by atoms with E-state index in [4.69, 9.17) is 0 Å². The third kappa shape index (κ3) is 3.11. The molecule has 2 rings (SSSR count). The van der Waals surface area contributed by atoms with E-state index in [9.17, 15) is 4.79 Å². The number of aromatic nitrogens is 2. The van der Waals surface area contributed by atoms with Crippen molar-refractivity contribution in [3.05, 3.63) is 11.9 Å². The minimum absolute atomic E-state index is 0.0285. The molecule has 1 aromatic heterocycles. The summed E-state index contributed by atoms with van der Waals surface area (Å²) in [5, 5.41) is 7.44. The van der Waals surface area contributed by atoms with Gasteiger partial charge in [-0.15, -0.1) is 0 Å². The van der Waals surface area contributed by atoms with Gasteiger partial charge < -0.3 is 10.2 Å². The van der Waals surface area contributed by atoms with Crippen LogP contribution in [0.15, 0.2) is 6.20 Å². The van der Waals surface area contributed by atoms with E-state index in [1.807, 2.05) is 16.5 Å². The van der Waals surface area contributed by atoms with Crippen LogP contribution in [0, 0.1) is 6.92 Å². The second-order valence-corrected chi connectivity index (χ2v) is 6.43. The average Bonchev–Trinajstić information content (AvgIpc) is 2.85. The minimum atomic E-state index is -0.0285. The van der Waals surface area contributed by atoms with Crippen LogP contribution >= 0.6 is 0 Å². The van der Waals surface area contributed by atoms with Crippen molar-refractivity contribution in [1.82, 2.24) is 19.6 Å². The Balaban J connectivity index is 2.08. The van der Waals surface area contributed by atoms with Crippen molar-refractivity contribution < 1.29 is 4.79 Å². The molecular weight excluding hydrogens is 278 g/mol. The first-order valence-electron chi connectivity index (χ1n) is 8.18. The van der Waals surface area contributed by atoms with Gasteiger partial charge in [0.2, 0.25) is 0 Å². The molecule has 6 heteroatoms. The van der Waals surface area contributed by atoms with E-state index in [2.05, 4.69) is 50.1 Å². The minimum Gasteiger partial charge on any atom is -0.319 e. The standard InChI is InChI=1S/C16H29N5O/c1-7-11(2)21-14(5)15(10-17-21)18-16(22)20-9-8-19(6)12(3)13(20)4/h10-13H,7-9H2,1-6H3,(H,18,22). The van der Waals surface area contributed by atoms with E-state index in [0.717, 1.165) is 30.9 Å². The number of anilines is 1. The molecule has 0 bridgehead atoms. The Hall–Kier alpha value is -1.56. The Kier molecular flexibility index (Phi) is 5.11. The Morgan fingerprint density at radius 1 is 1.41 bits per heavy atom. The van der Waals surface area contributed by atoms with Crippen LogP contribution in [0.2, 0.25) is 0 Å². The normalized spacial score (nSPS) is 24.4. The highest BCUT2D eigenvalue weighted by atomic mass is 16.2. The molecular formula is C16H29N5O. The van der Waals surface area contributed by atoms with Gasteiger partial charge in [-0.25, -0.2) is 4.79 Å². The smallest absolute Gasteiger partial charge is 0.319 e. The Labute approximate surface area is 133 Å². The van der Waals surface area contributed by atoms with Gasteiger partial charge in [-0.2, -0.15) is 5.10 Å². The quantitative estimate of drug-likeness (QED) is 0.934. The molecule has 0 spiro atoms. The summed E-state index contributed by atoms with van der Waals surface area (Å²) in [6.07, 6.45) is 2.77. The van der Waals surface area contributed by atoms with E-state index in [1.54, 1.807) is 6.20 Å². The molecule has 1 fully saturated rings. The Morgan fingerprint density at radius 2 is 2.09 bits per heavy atom. The monoisotopic (exact) mass is 307 g/mol. The highest BCUT2D eigenvalue weighted by molar-refractivity contribution is 5.90. The molecule has 2 heterocycles. The number of carbonyl (C=O) groups is 1. The van der Waals surface area contributed by atoms with Gasteiger partial charge in [-0.3, -0.25) is 9.58 Å². The maximum absolute atomic E-state index is 12.6. The van der Waals surface area contributed by atoms with Gasteiger partial charge in [0.25, 0.3) is 0 Å². The van der Waals surface area contributed by atoms with E-state index in [0.29, 0.717) is 12.1 Å². The number of piperazine rings is 1. The first kappa shape index (κ1) is 16.8. The molecule has 1 aliphatic rings. The number of hydrogen-bond donors (Lipinski definition) is 1. The van der Waals surface area contributed by atoms with Gasteiger partial charge in [0, 0.05) is 31.2 Å². The van der Waals surface area contributed by atoms with Crippen molar-refractivity contribution in [1.29, 1.82) is 0 Å². The van der Waals surface area contributed by atoms with Crippen molar-refractivity contribution in [2.24, 2.45) is 0 Å². The SMILES string of the molecule is CCC(C)n1ncc(NC(=O)N2CCN(C)C(C)C2C)c1C. The van der Waals surface area contributed by atoms with Crippen LogP contribution in [0.4, 0.5) is 10.5 Å². The average molecular weight is 307 g/mol. The van der Waals surface area contributed by atoms with Crippen LogP contribution in [0.3, 0.4) is 0 Å². The zero-order valence-corrected chi connectivity index (χ0v) is 14.6. The fourth-order valence-corrected chi connectivity index (χ4v) is 2.94. The van der Waals surface area contributed by atoms with Crippen molar-refractivity contribution in [3.63, 3.8) is 0 Å². The van der Waals surface area contributed by atoms with Gasteiger partial charge in [-0.05, 0) is 41.2 Å². The van der Waals surface area contributed by atoms with Gasteiger partial charge in [0.15, 0.2) is 0 Å². The number of urea groups is 1. The maximum atomic E-state index is 12.6. The van der Waals surface area contributed by atoms with Gasteiger partial charge >= 0.3 is 6.03 Å². The molecule has 0 saturated carbocycles. The molecule has 1 N–H and O–H groups in total. The molecule has 0 aliphatic carbocycles. The lowest BCUT2D eigenvalue weighted by atomic mass is 10.1. The van der Waals surface area contributed by atoms with Gasteiger partial charge in [0.1, 0.15) is 0 Å². The second kappa shape index (κ2) is 6.69. The summed E-state index contributed by atoms with van der Waals surface area (Å²) >= 11 is 0. The maximum Gasteiger partial charge on any atom is 0.322 e. The number of carbonyl (C=O) groups excluding carboxylic acids is 1. The lowest BCUT2D eigenvalue weighted by molar-refractivity contribution is 0.0796. The summed E-state index contributed by atoms with van der Waals surface area (Å²) in [4.78, 5) is 16.8. The first-order valence-corrected chi connectivity index (χ1v) is 8.18. The fourth-order valence-electron chi connectivity index (χ4n) is 2.94. The third-order valence-corrected chi connectivity index (χ3v) is 5.13. The molecule has 1 saturated heterocycles. The van der Waals surface area contributed by atoms with Crippen molar-refractivity contribution in [2.45, 2.75) is 59.2 Å². The summed E-state index contributed by atoms with van der Waals surface area (Å²) in [7, 11) is 2.11.